The highest BCUT2D eigenvalue weighted by Gasteiger charge is 2.06. The fraction of sp³-hybridized carbons (Fsp3) is 0.143. The molecular formula is C21H21NO. The van der Waals surface area contributed by atoms with Crippen molar-refractivity contribution in [2.75, 3.05) is 5.73 Å². The number of hydrogen-bond donors (Lipinski definition) is 1. The second-order valence-electron chi connectivity index (χ2n) is 5.83. The molecule has 3 rings (SSSR count). The SMILES string of the molecule is CC(Cc1ccc(Oc2ccc(N)cc2)cc1)c1ccccc1. The summed E-state index contributed by atoms with van der Waals surface area (Å²) in [7, 11) is 0. The molecule has 0 saturated heterocycles. The molecule has 3 aromatic carbocycles. The van der Waals surface area contributed by atoms with Gasteiger partial charge >= 0.3 is 0 Å². The topological polar surface area (TPSA) is 35.2 Å². The summed E-state index contributed by atoms with van der Waals surface area (Å²) in [4.78, 5) is 0. The minimum absolute atomic E-state index is 0.500. The maximum Gasteiger partial charge on any atom is 0.127 e. The van der Waals surface area contributed by atoms with Gasteiger partial charge in [0.25, 0.3) is 0 Å². The summed E-state index contributed by atoms with van der Waals surface area (Å²) in [6.45, 7) is 2.26. The highest BCUT2D eigenvalue weighted by atomic mass is 16.5. The van der Waals surface area contributed by atoms with Gasteiger partial charge in [0.05, 0.1) is 0 Å². The standard InChI is InChI=1S/C21H21NO/c1-16(18-5-3-2-4-6-18)15-17-7-11-20(12-8-17)23-21-13-9-19(22)10-14-21/h2-14,16H,15,22H2,1H3. The maximum absolute atomic E-state index is 5.82. The van der Waals surface area contributed by atoms with Crippen LogP contribution in [0.25, 0.3) is 0 Å². The van der Waals surface area contributed by atoms with E-state index in [4.69, 9.17) is 10.5 Å². The first-order valence-corrected chi connectivity index (χ1v) is 7.88. The van der Waals surface area contributed by atoms with Gasteiger partial charge in [-0.1, -0.05) is 49.4 Å². The molecule has 0 amide bonds. The summed E-state index contributed by atoms with van der Waals surface area (Å²) in [6.07, 6.45) is 1.02. The van der Waals surface area contributed by atoms with Crippen molar-refractivity contribution < 1.29 is 4.74 Å². The fourth-order valence-electron chi connectivity index (χ4n) is 2.62. The lowest BCUT2D eigenvalue weighted by Gasteiger charge is -2.12. The van der Waals surface area contributed by atoms with Crippen LogP contribution in [0, 0.1) is 0 Å². The van der Waals surface area contributed by atoms with Crippen molar-refractivity contribution in [2.24, 2.45) is 0 Å². The van der Waals surface area contributed by atoms with Crippen molar-refractivity contribution in [3.63, 3.8) is 0 Å². The Bertz CT molecular complexity index is 733. The second kappa shape index (κ2) is 7.01. The lowest BCUT2D eigenvalue weighted by atomic mass is 9.94. The average molecular weight is 303 g/mol. The molecule has 0 aliphatic carbocycles. The van der Waals surface area contributed by atoms with Gasteiger partial charge < -0.3 is 10.5 Å². The Morgan fingerprint density at radius 3 is 1.96 bits per heavy atom. The Hall–Kier alpha value is -2.74. The number of ether oxygens (including phenoxy) is 1. The lowest BCUT2D eigenvalue weighted by molar-refractivity contribution is 0.482. The van der Waals surface area contributed by atoms with E-state index in [1.807, 2.05) is 36.4 Å². The van der Waals surface area contributed by atoms with E-state index >= 15 is 0 Å². The molecule has 0 bridgehead atoms. The van der Waals surface area contributed by atoms with Gasteiger partial charge in [0.15, 0.2) is 0 Å². The van der Waals surface area contributed by atoms with Crippen LogP contribution >= 0.6 is 0 Å². The molecule has 2 heteroatoms. The zero-order valence-corrected chi connectivity index (χ0v) is 13.3. The number of rotatable bonds is 5. The van der Waals surface area contributed by atoms with Gasteiger partial charge in [-0.2, -0.15) is 0 Å². The third-order valence-electron chi connectivity index (χ3n) is 3.95. The number of hydrogen-bond acceptors (Lipinski definition) is 2. The van der Waals surface area contributed by atoms with E-state index < -0.39 is 0 Å². The van der Waals surface area contributed by atoms with Crippen LogP contribution in [0.2, 0.25) is 0 Å². The Kier molecular flexibility index (Phi) is 4.62. The van der Waals surface area contributed by atoms with E-state index in [0.717, 1.165) is 23.6 Å². The summed E-state index contributed by atoms with van der Waals surface area (Å²) in [5, 5.41) is 0. The molecule has 0 radical (unpaired) electrons. The predicted octanol–water partition coefficient (Wildman–Crippen LogP) is 5.41. The monoisotopic (exact) mass is 303 g/mol. The largest absolute Gasteiger partial charge is 0.457 e. The van der Waals surface area contributed by atoms with Gasteiger partial charge in [0, 0.05) is 5.69 Å². The van der Waals surface area contributed by atoms with E-state index in [2.05, 4.69) is 49.4 Å². The van der Waals surface area contributed by atoms with Gasteiger partial charge in [-0.05, 0) is 59.9 Å². The van der Waals surface area contributed by atoms with E-state index in [-0.39, 0.29) is 0 Å². The predicted molar refractivity (Wildman–Crippen MR) is 95.9 cm³/mol. The molecule has 116 valence electrons. The minimum Gasteiger partial charge on any atom is -0.457 e. The maximum atomic E-state index is 5.82. The Balaban J connectivity index is 1.64. The third kappa shape index (κ3) is 4.13. The highest BCUT2D eigenvalue weighted by molar-refractivity contribution is 5.43. The first kappa shape index (κ1) is 15.2. The van der Waals surface area contributed by atoms with Gasteiger partial charge in [0.2, 0.25) is 0 Å². The molecule has 0 aliphatic rings. The molecule has 0 spiro atoms. The van der Waals surface area contributed by atoms with Crippen LogP contribution in [0.5, 0.6) is 11.5 Å². The third-order valence-corrected chi connectivity index (χ3v) is 3.95. The molecule has 3 aromatic rings. The van der Waals surface area contributed by atoms with E-state index in [1.54, 1.807) is 0 Å². The smallest absolute Gasteiger partial charge is 0.127 e. The molecule has 0 aliphatic heterocycles. The first-order valence-electron chi connectivity index (χ1n) is 7.88. The summed E-state index contributed by atoms with van der Waals surface area (Å²) < 4.78 is 5.82. The van der Waals surface area contributed by atoms with Crippen molar-refractivity contribution in [1.82, 2.24) is 0 Å². The van der Waals surface area contributed by atoms with Crippen LogP contribution in [-0.4, -0.2) is 0 Å². The van der Waals surface area contributed by atoms with Crippen molar-refractivity contribution >= 4 is 5.69 Å². The van der Waals surface area contributed by atoms with Gasteiger partial charge in [-0.15, -0.1) is 0 Å². The molecular weight excluding hydrogens is 282 g/mol. The second-order valence-corrected chi connectivity index (χ2v) is 5.83. The van der Waals surface area contributed by atoms with Crippen LogP contribution in [-0.2, 0) is 6.42 Å². The number of anilines is 1. The van der Waals surface area contributed by atoms with Crippen LogP contribution in [0.4, 0.5) is 5.69 Å². The number of benzene rings is 3. The van der Waals surface area contributed by atoms with Crippen LogP contribution in [0.15, 0.2) is 78.9 Å². The first-order chi connectivity index (χ1) is 11.2. The van der Waals surface area contributed by atoms with E-state index in [0.29, 0.717) is 5.92 Å². The number of nitrogen functional groups attached to an aromatic ring is 1. The average Bonchev–Trinajstić information content (AvgIpc) is 2.59. The molecule has 23 heavy (non-hydrogen) atoms. The van der Waals surface area contributed by atoms with Gasteiger partial charge in [-0.3, -0.25) is 0 Å². The quantitative estimate of drug-likeness (QED) is 0.640. The summed E-state index contributed by atoms with van der Waals surface area (Å²) in [5.74, 6) is 2.13. The Morgan fingerprint density at radius 2 is 1.35 bits per heavy atom. The molecule has 0 saturated carbocycles. The molecule has 1 atom stereocenters. The zero-order chi connectivity index (χ0) is 16.1. The molecule has 0 aromatic heterocycles. The van der Waals surface area contributed by atoms with E-state index in [9.17, 15) is 0 Å². The summed E-state index contributed by atoms with van der Waals surface area (Å²) in [6, 6.07) is 26.3. The normalized spacial score (nSPS) is 11.9. The van der Waals surface area contributed by atoms with Crippen LogP contribution in [0.1, 0.15) is 24.0 Å². The molecule has 0 heterocycles. The molecule has 2 nitrogen and oxygen atoms in total. The molecule has 2 N–H and O–H groups in total. The molecule has 1 unspecified atom stereocenters. The summed E-state index contributed by atoms with van der Waals surface area (Å²) in [5.41, 5.74) is 9.10. The lowest BCUT2D eigenvalue weighted by Crippen LogP contribution is -1.98. The zero-order valence-electron chi connectivity index (χ0n) is 13.3. The minimum atomic E-state index is 0.500. The Morgan fingerprint density at radius 1 is 0.783 bits per heavy atom. The van der Waals surface area contributed by atoms with Crippen molar-refractivity contribution in [3.8, 4) is 11.5 Å². The summed E-state index contributed by atoms with van der Waals surface area (Å²) >= 11 is 0. The van der Waals surface area contributed by atoms with Crippen molar-refractivity contribution in [2.45, 2.75) is 19.3 Å². The Labute approximate surface area is 137 Å². The highest BCUT2D eigenvalue weighted by Crippen LogP contribution is 2.25. The van der Waals surface area contributed by atoms with Crippen LogP contribution < -0.4 is 10.5 Å². The van der Waals surface area contributed by atoms with Gasteiger partial charge in [0.1, 0.15) is 11.5 Å². The van der Waals surface area contributed by atoms with Gasteiger partial charge in [-0.25, -0.2) is 0 Å². The fourth-order valence-corrected chi connectivity index (χ4v) is 2.62. The van der Waals surface area contributed by atoms with Crippen molar-refractivity contribution in [3.05, 3.63) is 90.0 Å². The van der Waals surface area contributed by atoms with Crippen molar-refractivity contribution in [1.29, 1.82) is 0 Å². The number of nitrogens with two attached hydrogens (primary N) is 1. The molecule has 0 fully saturated rings. The van der Waals surface area contributed by atoms with Crippen LogP contribution in [0.3, 0.4) is 0 Å². The van der Waals surface area contributed by atoms with E-state index in [1.165, 1.54) is 11.1 Å².